The van der Waals surface area contributed by atoms with E-state index >= 15 is 0 Å². The monoisotopic (exact) mass is 467 g/mol. The first-order chi connectivity index (χ1) is 15.7. The lowest BCUT2D eigenvalue weighted by Crippen LogP contribution is -2.50. The molecule has 0 radical (unpaired) electrons. The second-order valence-electron chi connectivity index (χ2n) is 8.84. The number of nitrogens with zero attached hydrogens (tertiary/aromatic N) is 4. The van der Waals surface area contributed by atoms with Gasteiger partial charge in [-0.25, -0.2) is 9.78 Å². The summed E-state index contributed by atoms with van der Waals surface area (Å²) >= 11 is 6.18. The van der Waals surface area contributed by atoms with Crippen LogP contribution in [0.5, 0.6) is 0 Å². The molecule has 1 aromatic carbocycles. The fourth-order valence-corrected chi connectivity index (χ4v) is 3.86. The van der Waals surface area contributed by atoms with Crippen molar-refractivity contribution in [1.29, 1.82) is 0 Å². The van der Waals surface area contributed by atoms with E-state index in [1.807, 2.05) is 32.9 Å². The molecule has 172 valence electrons. The number of rotatable bonds is 3. The predicted molar refractivity (Wildman–Crippen MR) is 129 cm³/mol. The molecule has 1 aliphatic heterocycles. The van der Waals surface area contributed by atoms with Crippen molar-refractivity contribution in [3.8, 4) is 0 Å². The van der Waals surface area contributed by atoms with Crippen LogP contribution in [-0.4, -0.2) is 58.6 Å². The van der Waals surface area contributed by atoms with Crippen LogP contribution < -0.4 is 10.2 Å². The van der Waals surface area contributed by atoms with Crippen molar-refractivity contribution in [2.45, 2.75) is 26.4 Å². The number of pyridine rings is 2. The Morgan fingerprint density at radius 3 is 2.48 bits per heavy atom. The quantitative estimate of drug-likeness (QED) is 0.606. The number of amides is 2. The average Bonchev–Trinajstić information content (AvgIpc) is 2.78. The molecular formula is C24H26ClN5O3. The lowest BCUT2D eigenvalue weighted by atomic mass is 10.1. The fourth-order valence-electron chi connectivity index (χ4n) is 3.63. The molecule has 0 unspecified atom stereocenters. The van der Waals surface area contributed by atoms with E-state index in [2.05, 4.69) is 20.2 Å². The normalized spacial score (nSPS) is 14.3. The number of fused-ring (bicyclic) bond motifs is 1. The topological polar surface area (TPSA) is 87.7 Å². The van der Waals surface area contributed by atoms with Crippen LogP contribution in [0.2, 0.25) is 5.02 Å². The third kappa shape index (κ3) is 5.51. The maximum Gasteiger partial charge on any atom is 0.410 e. The van der Waals surface area contributed by atoms with Crippen molar-refractivity contribution in [2.75, 3.05) is 36.4 Å². The molecule has 1 fully saturated rings. The molecule has 4 rings (SSSR count). The van der Waals surface area contributed by atoms with Gasteiger partial charge in [0.25, 0.3) is 5.91 Å². The van der Waals surface area contributed by atoms with E-state index in [1.165, 1.54) is 0 Å². The first kappa shape index (κ1) is 22.8. The Labute approximate surface area is 197 Å². The number of ether oxygens (including phenoxy) is 1. The maximum atomic E-state index is 12.9. The van der Waals surface area contributed by atoms with Gasteiger partial charge in [0.15, 0.2) is 0 Å². The van der Waals surface area contributed by atoms with Crippen LogP contribution >= 0.6 is 11.6 Å². The molecule has 8 nitrogen and oxygen atoms in total. The van der Waals surface area contributed by atoms with E-state index in [0.717, 1.165) is 11.1 Å². The average molecular weight is 468 g/mol. The molecule has 2 amide bonds. The molecule has 1 saturated heterocycles. The standard InChI is InChI=1S/C24H26ClN5O3/c1-24(2,3)33-23(32)30-11-9-29(10-12-30)18-6-7-20(27-15-18)28-22(31)19-14-17(25)13-16-5-4-8-26-21(16)19/h4-8,13-15H,9-12H2,1-3H3,(H,27,28,31). The molecule has 0 aliphatic carbocycles. The van der Waals surface area contributed by atoms with Crippen LogP contribution in [-0.2, 0) is 4.74 Å². The van der Waals surface area contributed by atoms with Crippen molar-refractivity contribution in [1.82, 2.24) is 14.9 Å². The van der Waals surface area contributed by atoms with Crippen molar-refractivity contribution in [3.63, 3.8) is 0 Å². The molecule has 3 aromatic rings. The first-order valence-corrected chi connectivity index (χ1v) is 11.1. The maximum absolute atomic E-state index is 12.9. The number of hydrogen-bond acceptors (Lipinski definition) is 6. The molecule has 0 saturated carbocycles. The van der Waals surface area contributed by atoms with E-state index < -0.39 is 5.60 Å². The molecule has 0 spiro atoms. The van der Waals surface area contributed by atoms with Crippen molar-refractivity contribution in [3.05, 3.63) is 59.4 Å². The van der Waals surface area contributed by atoms with Crippen LogP contribution in [0, 0.1) is 0 Å². The van der Waals surface area contributed by atoms with Gasteiger partial charge in [0, 0.05) is 42.8 Å². The Bertz CT molecular complexity index is 1170. The Kier molecular flexibility index (Phi) is 6.37. The molecule has 0 atom stereocenters. The summed E-state index contributed by atoms with van der Waals surface area (Å²) in [5, 5.41) is 4.08. The number of aromatic nitrogens is 2. The minimum atomic E-state index is -0.508. The van der Waals surface area contributed by atoms with Crippen LogP contribution in [0.15, 0.2) is 48.8 Å². The van der Waals surface area contributed by atoms with Gasteiger partial charge in [-0.05, 0) is 51.1 Å². The summed E-state index contributed by atoms with van der Waals surface area (Å²) in [5.74, 6) is 0.104. The number of carbonyl (C=O) groups excluding carboxylic acids is 2. The fraction of sp³-hybridized carbons (Fsp3) is 0.333. The zero-order valence-electron chi connectivity index (χ0n) is 18.8. The third-order valence-corrected chi connectivity index (χ3v) is 5.42. The van der Waals surface area contributed by atoms with Gasteiger partial charge in [-0.15, -0.1) is 0 Å². The van der Waals surface area contributed by atoms with E-state index in [1.54, 1.807) is 41.6 Å². The predicted octanol–water partition coefficient (Wildman–Crippen LogP) is 4.59. The summed E-state index contributed by atoms with van der Waals surface area (Å²) in [6.07, 6.45) is 3.07. The summed E-state index contributed by atoms with van der Waals surface area (Å²) in [6.45, 7) is 8.07. The highest BCUT2D eigenvalue weighted by atomic mass is 35.5. The summed E-state index contributed by atoms with van der Waals surface area (Å²) < 4.78 is 5.44. The van der Waals surface area contributed by atoms with E-state index in [0.29, 0.717) is 48.1 Å². The molecule has 33 heavy (non-hydrogen) atoms. The molecule has 1 N–H and O–H groups in total. The molecule has 1 aliphatic rings. The third-order valence-electron chi connectivity index (χ3n) is 5.20. The zero-order valence-corrected chi connectivity index (χ0v) is 19.6. The van der Waals surface area contributed by atoms with Gasteiger partial charge < -0.3 is 19.9 Å². The largest absolute Gasteiger partial charge is 0.444 e. The number of nitrogens with one attached hydrogen (secondary N) is 1. The number of halogens is 1. The number of anilines is 2. The zero-order chi connectivity index (χ0) is 23.6. The first-order valence-electron chi connectivity index (χ1n) is 10.7. The van der Waals surface area contributed by atoms with Gasteiger partial charge in [0.2, 0.25) is 0 Å². The van der Waals surface area contributed by atoms with Gasteiger partial charge in [0.05, 0.1) is 23.0 Å². The van der Waals surface area contributed by atoms with Crippen LogP contribution in [0.25, 0.3) is 10.9 Å². The van der Waals surface area contributed by atoms with Gasteiger partial charge >= 0.3 is 6.09 Å². The van der Waals surface area contributed by atoms with Gasteiger partial charge in [-0.2, -0.15) is 0 Å². The van der Waals surface area contributed by atoms with Gasteiger partial charge in [-0.1, -0.05) is 17.7 Å². The Balaban J connectivity index is 1.39. The highest BCUT2D eigenvalue weighted by Gasteiger charge is 2.26. The Morgan fingerprint density at radius 1 is 1.06 bits per heavy atom. The van der Waals surface area contributed by atoms with E-state index in [4.69, 9.17) is 16.3 Å². The number of carbonyl (C=O) groups is 2. The summed E-state index contributed by atoms with van der Waals surface area (Å²) in [5.41, 5.74) is 1.39. The minimum Gasteiger partial charge on any atom is -0.444 e. The van der Waals surface area contributed by atoms with Crippen molar-refractivity contribution in [2.24, 2.45) is 0 Å². The number of benzene rings is 1. The summed E-state index contributed by atoms with van der Waals surface area (Å²) in [4.78, 5) is 37.7. The minimum absolute atomic E-state index is 0.290. The van der Waals surface area contributed by atoms with E-state index in [9.17, 15) is 9.59 Å². The molecular weight excluding hydrogens is 442 g/mol. The lowest BCUT2D eigenvalue weighted by Gasteiger charge is -2.36. The summed E-state index contributed by atoms with van der Waals surface area (Å²) in [7, 11) is 0. The molecule has 2 aromatic heterocycles. The van der Waals surface area contributed by atoms with Gasteiger partial charge in [-0.3, -0.25) is 9.78 Å². The van der Waals surface area contributed by atoms with Crippen molar-refractivity contribution < 1.29 is 14.3 Å². The molecule has 3 heterocycles. The highest BCUT2D eigenvalue weighted by Crippen LogP contribution is 2.24. The number of piperazine rings is 1. The van der Waals surface area contributed by atoms with Crippen LogP contribution in [0.1, 0.15) is 31.1 Å². The van der Waals surface area contributed by atoms with Crippen LogP contribution in [0.4, 0.5) is 16.3 Å². The molecule has 9 heteroatoms. The lowest BCUT2D eigenvalue weighted by molar-refractivity contribution is 0.0240. The smallest absolute Gasteiger partial charge is 0.410 e. The molecule has 0 bridgehead atoms. The van der Waals surface area contributed by atoms with Gasteiger partial charge in [0.1, 0.15) is 11.4 Å². The summed E-state index contributed by atoms with van der Waals surface area (Å²) in [6, 6.07) is 10.7. The van der Waals surface area contributed by atoms with Crippen molar-refractivity contribution >= 4 is 46.0 Å². The SMILES string of the molecule is CC(C)(C)OC(=O)N1CCN(c2ccc(NC(=O)c3cc(Cl)cc4cccnc34)nc2)CC1. The van der Waals surface area contributed by atoms with Crippen LogP contribution in [0.3, 0.4) is 0 Å². The second kappa shape index (κ2) is 9.23. The Hall–Kier alpha value is -3.39. The highest BCUT2D eigenvalue weighted by molar-refractivity contribution is 6.32. The number of hydrogen-bond donors (Lipinski definition) is 1. The Morgan fingerprint density at radius 2 is 1.82 bits per heavy atom. The second-order valence-corrected chi connectivity index (χ2v) is 9.28. The van der Waals surface area contributed by atoms with E-state index in [-0.39, 0.29) is 12.0 Å².